The summed E-state index contributed by atoms with van der Waals surface area (Å²) in [6, 6.07) is 0. The number of unbranched alkanes of at least 4 members (excludes halogenated alkanes) is 24. The number of nitrogens with two attached hydrogens (primary N) is 1. The van der Waals surface area contributed by atoms with Crippen molar-refractivity contribution in [3.8, 4) is 0 Å². The van der Waals surface area contributed by atoms with Crippen LogP contribution in [0.3, 0.4) is 0 Å². The number of ether oxygens (including phenoxy) is 2. The first-order valence-electron chi connectivity index (χ1n) is 26.4. The lowest BCUT2D eigenvalue weighted by Gasteiger charge is -2.19. The van der Waals surface area contributed by atoms with Crippen LogP contribution in [-0.4, -0.2) is 49.3 Å². The van der Waals surface area contributed by atoms with Crippen LogP contribution in [0.25, 0.3) is 0 Å². The van der Waals surface area contributed by atoms with Crippen LogP contribution >= 0.6 is 7.82 Å². The Morgan fingerprint density at radius 2 is 0.846 bits per heavy atom. The maximum Gasteiger partial charge on any atom is 0.472 e. The number of phosphoric acid groups is 1. The Morgan fingerprint density at radius 1 is 0.477 bits per heavy atom. The molecule has 0 heterocycles. The number of hydrogen-bond acceptors (Lipinski definition) is 8. The Morgan fingerprint density at radius 3 is 1.26 bits per heavy atom. The van der Waals surface area contributed by atoms with Gasteiger partial charge in [-0.15, -0.1) is 0 Å². The second-order valence-corrected chi connectivity index (χ2v) is 18.8. The van der Waals surface area contributed by atoms with Crippen LogP contribution in [0.5, 0.6) is 0 Å². The average Bonchev–Trinajstić information content (AvgIpc) is 3.30. The van der Waals surface area contributed by atoms with Crippen molar-refractivity contribution < 1.29 is 37.6 Å². The number of carbonyl (C=O) groups excluding carboxylic acids is 2. The molecule has 0 saturated heterocycles. The summed E-state index contributed by atoms with van der Waals surface area (Å²) in [5, 5.41) is 0. The van der Waals surface area contributed by atoms with Gasteiger partial charge in [0.15, 0.2) is 6.10 Å². The van der Waals surface area contributed by atoms with E-state index >= 15 is 0 Å². The largest absolute Gasteiger partial charge is 0.472 e. The van der Waals surface area contributed by atoms with Crippen molar-refractivity contribution in [2.45, 2.75) is 238 Å². The molecule has 0 fully saturated rings. The van der Waals surface area contributed by atoms with Crippen LogP contribution in [-0.2, 0) is 32.7 Å². The molecule has 376 valence electrons. The third-order valence-electron chi connectivity index (χ3n) is 11.1. The smallest absolute Gasteiger partial charge is 0.462 e. The fourth-order valence-corrected chi connectivity index (χ4v) is 7.99. The van der Waals surface area contributed by atoms with Gasteiger partial charge in [0.1, 0.15) is 6.61 Å². The molecule has 9 nitrogen and oxygen atoms in total. The summed E-state index contributed by atoms with van der Waals surface area (Å²) in [5.41, 5.74) is 5.37. The van der Waals surface area contributed by atoms with E-state index in [0.29, 0.717) is 6.42 Å². The van der Waals surface area contributed by atoms with E-state index in [1.165, 1.54) is 116 Å². The van der Waals surface area contributed by atoms with Gasteiger partial charge in [0, 0.05) is 19.4 Å². The minimum absolute atomic E-state index is 0.0465. The molecule has 0 aliphatic heterocycles. The summed E-state index contributed by atoms with van der Waals surface area (Å²) in [5.74, 6) is -0.853. The van der Waals surface area contributed by atoms with Crippen LogP contribution < -0.4 is 5.73 Å². The van der Waals surface area contributed by atoms with Crippen molar-refractivity contribution in [3.05, 3.63) is 72.9 Å². The lowest BCUT2D eigenvalue weighted by Crippen LogP contribution is -2.29. The van der Waals surface area contributed by atoms with Crippen molar-refractivity contribution in [2.75, 3.05) is 26.4 Å². The van der Waals surface area contributed by atoms with Gasteiger partial charge in [-0.05, 0) is 64.2 Å². The van der Waals surface area contributed by atoms with Crippen molar-refractivity contribution in [1.29, 1.82) is 0 Å². The molecule has 0 aromatic rings. The van der Waals surface area contributed by atoms with E-state index in [2.05, 4.69) is 86.8 Å². The molecular formula is C55H98NO8P. The molecule has 0 aliphatic carbocycles. The molecular weight excluding hydrogens is 834 g/mol. The molecule has 0 radical (unpaired) electrons. The zero-order valence-corrected chi connectivity index (χ0v) is 42.6. The van der Waals surface area contributed by atoms with Crippen LogP contribution in [0.2, 0.25) is 0 Å². The van der Waals surface area contributed by atoms with Gasteiger partial charge < -0.3 is 20.1 Å². The summed E-state index contributed by atoms with van der Waals surface area (Å²) in [6.45, 7) is 3.62. The molecule has 2 atom stereocenters. The molecule has 0 aromatic heterocycles. The van der Waals surface area contributed by atoms with E-state index in [1.807, 2.05) is 0 Å². The lowest BCUT2D eigenvalue weighted by molar-refractivity contribution is -0.161. The van der Waals surface area contributed by atoms with Crippen LogP contribution in [0.4, 0.5) is 0 Å². The summed E-state index contributed by atoms with van der Waals surface area (Å²) < 4.78 is 32.9. The predicted molar refractivity (Wildman–Crippen MR) is 275 cm³/mol. The molecule has 0 aromatic carbocycles. The summed E-state index contributed by atoms with van der Waals surface area (Å²) in [6.07, 6.45) is 63.7. The Hall–Kier alpha value is -2.55. The van der Waals surface area contributed by atoms with E-state index < -0.39 is 26.5 Å². The van der Waals surface area contributed by atoms with Gasteiger partial charge in [0.05, 0.1) is 13.2 Å². The zero-order chi connectivity index (χ0) is 47.4. The van der Waals surface area contributed by atoms with E-state index in [1.54, 1.807) is 0 Å². The molecule has 0 saturated carbocycles. The minimum atomic E-state index is -4.39. The normalized spacial score (nSPS) is 13.7. The van der Waals surface area contributed by atoms with Gasteiger partial charge >= 0.3 is 19.8 Å². The first-order valence-corrected chi connectivity index (χ1v) is 27.9. The molecule has 0 spiro atoms. The summed E-state index contributed by atoms with van der Waals surface area (Å²) >= 11 is 0. The highest BCUT2D eigenvalue weighted by atomic mass is 31.2. The van der Waals surface area contributed by atoms with E-state index in [0.717, 1.165) is 83.5 Å². The van der Waals surface area contributed by atoms with Gasteiger partial charge in [0.25, 0.3) is 0 Å². The molecule has 10 heteroatoms. The van der Waals surface area contributed by atoms with Crippen LogP contribution in [0.1, 0.15) is 232 Å². The zero-order valence-electron chi connectivity index (χ0n) is 41.7. The topological polar surface area (TPSA) is 134 Å². The highest BCUT2D eigenvalue weighted by Crippen LogP contribution is 2.43. The lowest BCUT2D eigenvalue weighted by atomic mass is 10.0. The van der Waals surface area contributed by atoms with Crippen molar-refractivity contribution >= 4 is 19.8 Å². The molecule has 0 bridgehead atoms. The molecule has 2 unspecified atom stereocenters. The number of hydrogen-bond donors (Lipinski definition) is 2. The van der Waals surface area contributed by atoms with Gasteiger partial charge in [-0.2, -0.15) is 0 Å². The van der Waals surface area contributed by atoms with E-state index in [-0.39, 0.29) is 38.6 Å². The summed E-state index contributed by atoms with van der Waals surface area (Å²) in [7, 11) is -4.39. The Balaban J connectivity index is 4.09. The molecule has 0 rings (SSSR count). The molecule has 3 N–H and O–H groups in total. The van der Waals surface area contributed by atoms with Crippen LogP contribution in [0.15, 0.2) is 72.9 Å². The second kappa shape index (κ2) is 50.9. The monoisotopic (exact) mass is 932 g/mol. The van der Waals surface area contributed by atoms with Gasteiger partial charge in [-0.3, -0.25) is 18.6 Å². The van der Waals surface area contributed by atoms with Crippen molar-refractivity contribution in [3.63, 3.8) is 0 Å². The maximum absolute atomic E-state index is 12.7. The fraction of sp³-hybridized carbons (Fsp3) is 0.745. The quantitative estimate of drug-likeness (QED) is 0.0265. The molecule has 65 heavy (non-hydrogen) atoms. The Kier molecular flexibility index (Phi) is 48.9. The number of allylic oxidation sites excluding steroid dienone is 12. The average molecular weight is 932 g/mol. The fourth-order valence-electron chi connectivity index (χ4n) is 7.23. The first-order chi connectivity index (χ1) is 31.8. The SMILES string of the molecule is CC/C=C\C/C=C\C/C=C\C/C=C\C/C=C\C/C=C\CCCCCCC(=O)OC(COC(=O)CCCCCCCCCCCCCCCCCCCCCCC)COP(=O)(O)OCCN. The number of phosphoric ester groups is 1. The van der Waals surface area contributed by atoms with E-state index in [4.69, 9.17) is 24.3 Å². The number of rotatable bonds is 49. The predicted octanol–water partition coefficient (Wildman–Crippen LogP) is 16.2. The van der Waals surface area contributed by atoms with Crippen molar-refractivity contribution in [2.24, 2.45) is 5.73 Å². The number of carbonyl (C=O) groups is 2. The van der Waals surface area contributed by atoms with Gasteiger partial charge in [-0.25, -0.2) is 4.57 Å². The van der Waals surface area contributed by atoms with Crippen molar-refractivity contribution in [1.82, 2.24) is 0 Å². The van der Waals surface area contributed by atoms with Gasteiger partial charge in [-0.1, -0.05) is 228 Å². The van der Waals surface area contributed by atoms with Crippen LogP contribution in [0, 0.1) is 0 Å². The van der Waals surface area contributed by atoms with Gasteiger partial charge in [0.2, 0.25) is 0 Å². The molecule has 0 aliphatic rings. The first kappa shape index (κ1) is 62.4. The highest BCUT2D eigenvalue weighted by molar-refractivity contribution is 7.47. The molecule has 0 amide bonds. The highest BCUT2D eigenvalue weighted by Gasteiger charge is 2.26. The third-order valence-corrected chi connectivity index (χ3v) is 12.1. The Bertz CT molecular complexity index is 1290. The minimum Gasteiger partial charge on any atom is -0.462 e. The second-order valence-electron chi connectivity index (χ2n) is 17.4. The summed E-state index contributed by atoms with van der Waals surface area (Å²) in [4.78, 5) is 35.1. The van der Waals surface area contributed by atoms with E-state index in [9.17, 15) is 19.0 Å². The standard InChI is InChI=1S/C55H98NO8P/c1-3-5-7-9-11-13-15-17-19-21-23-25-26-28-30-32-34-36-38-40-42-44-46-48-55(58)64-53(52-63-65(59,60)62-50-49-56)51-61-54(57)47-45-43-41-39-37-35-33-31-29-27-24-22-20-18-16-14-12-10-8-6-4-2/h5,7,11,13,17,19,23,25,28,30,34,36,53H,3-4,6,8-10,12,14-16,18,20-22,24,26-27,29,31-33,35,37-52,56H2,1-2H3,(H,59,60)/b7-5-,13-11-,19-17-,25-23-,30-28-,36-34-. The Labute approximate surface area is 399 Å². The third kappa shape index (κ3) is 50.7. The number of esters is 2. The maximum atomic E-state index is 12.7.